The molecule has 4 rings (SSSR count). The number of aliphatic hydroxyl groups is 1. The zero-order valence-electron chi connectivity index (χ0n) is 16.5. The van der Waals surface area contributed by atoms with Crippen molar-refractivity contribution in [2.24, 2.45) is 11.8 Å². The summed E-state index contributed by atoms with van der Waals surface area (Å²) in [6.45, 7) is 3.45. The van der Waals surface area contributed by atoms with Crippen molar-refractivity contribution in [1.29, 1.82) is 0 Å². The minimum atomic E-state index is -1.35. The number of rotatable bonds is 6. The van der Waals surface area contributed by atoms with Crippen LogP contribution >= 0.6 is 11.8 Å². The summed E-state index contributed by atoms with van der Waals surface area (Å²) in [6, 6.07) is 3.31. The summed E-state index contributed by atoms with van der Waals surface area (Å²) in [5, 5.41) is 21.6. The SMILES string of the molecule is CC(O)C1C(=O)N2C(C(=O)[O-])=C(SCCc3cn4cccc(N)c4n3)[C@H](C)C12.[Na+]. The average molecular weight is 424 g/mol. The van der Waals surface area contributed by atoms with E-state index < -0.39 is 18.0 Å². The Morgan fingerprint density at radius 1 is 1.48 bits per heavy atom. The number of pyridine rings is 1. The molecule has 1 fully saturated rings. The monoisotopic (exact) mass is 424 g/mol. The number of thioether (sulfide) groups is 1. The molecule has 0 radical (unpaired) electrons. The molecule has 2 aliphatic rings. The minimum Gasteiger partial charge on any atom is -0.543 e. The van der Waals surface area contributed by atoms with Gasteiger partial charge in [0.15, 0.2) is 5.65 Å². The summed E-state index contributed by atoms with van der Waals surface area (Å²) in [7, 11) is 0. The van der Waals surface area contributed by atoms with Crippen molar-refractivity contribution in [2.75, 3.05) is 11.5 Å². The van der Waals surface area contributed by atoms with E-state index in [0.717, 1.165) is 5.69 Å². The van der Waals surface area contributed by atoms with Crippen molar-refractivity contribution in [3.05, 3.63) is 40.8 Å². The second-order valence-corrected chi connectivity index (χ2v) is 8.42. The molecule has 0 saturated carbocycles. The summed E-state index contributed by atoms with van der Waals surface area (Å²) in [5.41, 5.74) is 8.02. The standard InChI is InChI=1S/C19H22N4O4S.Na/c1-9-14-13(10(2)24)18(25)23(14)15(19(26)27)16(9)28-7-5-11-8-22-6-3-4-12(20)17(22)21-11;/h3-4,6,8-10,13-14,24H,5,7,20H2,1-2H3,(H,26,27);/q;+1/p-1/t9-,10?,13?,14?;/m1./s1. The molecule has 8 nitrogen and oxygen atoms in total. The van der Waals surface area contributed by atoms with E-state index in [0.29, 0.717) is 28.4 Å². The molecule has 3 unspecified atom stereocenters. The third kappa shape index (κ3) is 3.59. The number of nitrogens with two attached hydrogens (primary N) is 1. The first-order valence-corrected chi connectivity index (χ1v) is 10.1. The molecule has 3 N–H and O–H groups in total. The molecule has 2 aromatic rings. The van der Waals surface area contributed by atoms with Gasteiger partial charge in [0.25, 0.3) is 0 Å². The number of amides is 1. The van der Waals surface area contributed by atoms with Gasteiger partial charge in [0.05, 0.1) is 41.1 Å². The average Bonchev–Trinajstić information content (AvgIpc) is 3.14. The van der Waals surface area contributed by atoms with Crippen molar-refractivity contribution in [2.45, 2.75) is 32.4 Å². The van der Waals surface area contributed by atoms with Crippen LogP contribution in [0.3, 0.4) is 0 Å². The molecule has 1 saturated heterocycles. The number of carbonyl (C=O) groups excluding carboxylic acids is 2. The smallest absolute Gasteiger partial charge is 0.543 e. The molecule has 29 heavy (non-hydrogen) atoms. The predicted octanol–water partition coefficient (Wildman–Crippen LogP) is -2.98. The molecule has 4 atom stereocenters. The Morgan fingerprint density at radius 2 is 2.21 bits per heavy atom. The number of carboxylic acids is 1. The number of aryl methyl sites for hydroxylation is 1. The molecule has 0 aromatic carbocycles. The Hall–Kier alpha value is -1.52. The van der Waals surface area contributed by atoms with E-state index >= 15 is 0 Å². The maximum absolute atomic E-state index is 12.3. The van der Waals surface area contributed by atoms with Crippen LogP contribution in [0.2, 0.25) is 0 Å². The number of hydrogen-bond donors (Lipinski definition) is 2. The Morgan fingerprint density at radius 3 is 2.83 bits per heavy atom. The van der Waals surface area contributed by atoms with Crippen molar-refractivity contribution in [3.63, 3.8) is 0 Å². The van der Waals surface area contributed by atoms with Crippen molar-refractivity contribution < 1.29 is 49.4 Å². The van der Waals surface area contributed by atoms with Crippen LogP contribution < -0.4 is 40.4 Å². The van der Waals surface area contributed by atoms with E-state index in [1.807, 2.05) is 29.8 Å². The Labute approximate surface area is 194 Å². The fraction of sp³-hybridized carbons (Fsp3) is 0.421. The number of carbonyl (C=O) groups is 2. The number of nitrogen functional groups attached to an aromatic ring is 1. The van der Waals surface area contributed by atoms with Gasteiger partial charge in [0, 0.05) is 35.4 Å². The molecule has 2 aliphatic heterocycles. The van der Waals surface area contributed by atoms with E-state index in [9.17, 15) is 19.8 Å². The molecular formula is C19H21N4NaO4S. The second kappa shape index (κ2) is 8.31. The third-order valence-electron chi connectivity index (χ3n) is 5.48. The summed E-state index contributed by atoms with van der Waals surface area (Å²) in [4.78, 5) is 30.4. The first kappa shape index (κ1) is 22.2. The van der Waals surface area contributed by atoms with E-state index in [4.69, 9.17) is 5.73 Å². The van der Waals surface area contributed by atoms with Gasteiger partial charge >= 0.3 is 29.6 Å². The van der Waals surface area contributed by atoms with Crippen LogP contribution in [0.1, 0.15) is 19.5 Å². The number of nitrogens with zero attached hydrogens (tertiary/aromatic N) is 3. The Bertz CT molecular complexity index is 1010. The van der Waals surface area contributed by atoms with Crippen LogP contribution in [0.5, 0.6) is 0 Å². The number of imidazole rings is 1. The van der Waals surface area contributed by atoms with E-state index in [2.05, 4.69) is 4.98 Å². The van der Waals surface area contributed by atoms with Crippen LogP contribution in [0.15, 0.2) is 35.1 Å². The first-order valence-electron chi connectivity index (χ1n) is 9.12. The molecular weight excluding hydrogens is 403 g/mol. The number of hydrogen-bond acceptors (Lipinski definition) is 7. The minimum absolute atomic E-state index is 0. The summed E-state index contributed by atoms with van der Waals surface area (Å²) in [6.07, 6.45) is 3.59. The van der Waals surface area contributed by atoms with Gasteiger partial charge in [-0.2, -0.15) is 0 Å². The zero-order valence-corrected chi connectivity index (χ0v) is 19.3. The molecule has 1 amide bonds. The largest absolute Gasteiger partial charge is 1.00 e. The summed E-state index contributed by atoms with van der Waals surface area (Å²) in [5.74, 6) is -1.82. The van der Waals surface area contributed by atoms with Gasteiger partial charge in [-0.1, -0.05) is 6.92 Å². The van der Waals surface area contributed by atoms with Crippen LogP contribution in [-0.4, -0.2) is 49.2 Å². The third-order valence-corrected chi connectivity index (χ3v) is 6.76. The van der Waals surface area contributed by atoms with E-state index in [-0.39, 0.29) is 53.1 Å². The fourth-order valence-corrected chi connectivity index (χ4v) is 5.43. The van der Waals surface area contributed by atoms with Crippen molar-refractivity contribution >= 4 is 35.0 Å². The van der Waals surface area contributed by atoms with Gasteiger partial charge in [-0.05, 0) is 19.1 Å². The van der Waals surface area contributed by atoms with E-state index in [1.165, 1.54) is 16.7 Å². The predicted molar refractivity (Wildman–Crippen MR) is 103 cm³/mol. The Kier molecular flexibility index (Phi) is 6.35. The summed E-state index contributed by atoms with van der Waals surface area (Å²) >= 11 is 1.40. The number of aliphatic hydroxyl groups excluding tert-OH is 1. The van der Waals surface area contributed by atoms with Gasteiger partial charge in [-0.3, -0.25) is 4.79 Å². The van der Waals surface area contributed by atoms with Crippen LogP contribution in [0.4, 0.5) is 5.69 Å². The van der Waals surface area contributed by atoms with Crippen LogP contribution in [0.25, 0.3) is 5.65 Å². The van der Waals surface area contributed by atoms with Gasteiger partial charge in [0.1, 0.15) is 0 Å². The molecule has 148 valence electrons. The van der Waals surface area contributed by atoms with E-state index in [1.54, 1.807) is 13.0 Å². The molecule has 0 aliphatic carbocycles. The van der Waals surface area contributed by atoms with Gasteiger partial charge < -0.3 is 30.0 Å². The molecule has 0 bridgehead atoms. The van der Waals surface area contributed by atoms with Crippen molar-refractivity contribution in [3.8, 4) is 0 Å². The van der Waals surface area contributed by atoms with Crippen LogP contribution in [-0.2, 0) is 16.0 Å². The second-order valence-electron chi connectivity index (χ2n) is 7.28. The number of aliphatic carboxylic acids is 1. The van der Waals surface area contributed by atoms with Gasteiger partial charge in [-0.25, -0.2) is 4.98 Å². The van der Waals surface area contributed by atoms with Crippen molar-refractivity contribution in [1.82, 2.24) is 14.3 Å². The van der Waals surface area contributed by atoms with Crippen LogP contribution in [0, 0.1) is 11.8 Å². The Balaban J connectivity index is 0.00000240. The maximum atomic E-state index is 12.3. The molecule has 0 spiro atoms. The number of fused-ring (bicyclic) bond motifs is 2. The molecule has 2 aromatic heterocycles. The normalized spacial score (nSPS) is 24.3. The van der Waals surface area contributed by atoms with Gasteiger partial charge in [-0.15, -0.1) is 11.8 Å². The number of carboxylic acid groups (broad SMARTS) is 1. The fourth-order valence-electron chi connectivity index (χ4n) is 4.18. The number of aromatic nitrogens is 2. The molecule has 4 heterocycles. The number of anilines is 1. The zero-order chi connectivity index (χ0) is 20.2. The van der Waals surface area contributed by atoms with Gasteiger partial charge in [0.2, 0.25) is 5.91 Å². The summed E-state index contributed by atoms with van der Waals surface area (Å²) < 4.78 is 1.86. The number of β-lactam (4-membered cyclic amide) rings is 1. The quantitative estimate of drug-likeness (QED) is 0.375. The first-order chi connectivity index (χ1) is 13.3. The maximum Gasteiger partial charge on any atom is 1.00 e. The molecule has 10 heteroatoms. The topological polar surface area (TPSA) is 124 Å².